The van der Waals surface area contributed by atoms with Gasteiger partial charge in [0.25, 0.3) is 5.69 Å². The van der Waals surface area contributed by atoms with Crippen LogP contribution < -0.4 is 10.1 Å². The van der Waals surface area contributed by atoms with Crippen molar-refractivity contribution < 1.29 is 9.66 Å². The van der Waals surface area contributed by atoms with E-state index in [1.165, 1.54) is 6.20 Å². The van der Waals surface area contributed by atoms with Gasteiger partial charge in [-0.05, 0) is 15.9 Å². The fourth-order valence-electron chi connectivity index (χ4n) is 1.39. The molecule has 0 spiro atoms. The zero-order valence-corrected chi connectivity index (χ0v) is 13.5. The number of nitro benzene ring substituents is 1. The molecule has 7 nitrogen and oxygen atoms in total. The maximum atomic E-state index is 10.7. The standard InChI is InChI=1S/C11H7BrCl2N4O3/c1-15-11-16-4-6(12)10(17-11)21-9-7(13)2-5(18(19)20)3-8(9)14/h2-4H,1H3,(H,15,16,17). The van der Waals surface area contributed by atoms with E-state index < -0.39 is 4.92 Å². The molecule has 0 aliphatic heterocycles. The number of aromatic nitrogens is 2. The fourth-order valence-corrected chi connectivity index (χ4v) is 2.21. The first-order valence-corrected chi connectivity index (χ1v) is 6.99. The second-order valence-electron chi connectivity index (χ2n) is 3.69. The third-order valence-electron chi connectivity index (χ3n) is 2.33. The summed E-state index contributed by atoms with van der Waals surface area (Å²) in [5.74, 6) is 0.583. The molecule has 10 heteroatoms. The minimum absolute atomic E-state index is 0.00530. The predicted molar refractivity (Wildman–Crippen MR) is 82.5 cm³/mol. The van der Waals surface area contributed by atoms with Crippen LogP contribution in [0.15, 0.2) is 22.8 Å². The van der Waals surface area contributed by atoms with Gasteiger partial charge in [0, 0.05) is 19.2 Å². The van der Waals surface area contributed by atoms with Crippen LogP contribution in [-0.4, -0.2) is 21.9 Å². The molecule has 0 unspecified atom stereocenters. The fraction of sp³-hybridized carbons (Fsp3) is 0.0909. The summed E-state index contributed by atoms with van der Waals surface area (Å²) in [6, 6.07) is 2.30. The lowest BCUT2D eigenvalue weighted by molar-refractivity contribution is -0.384. The van der Waals surface area contributed by atoms with Gasteiger partial charge in [0.15, 0.2) is 5.75 Å². The molecule has 110 valence electrons. The summed E-state index contributed by atoms with van der Waals surface area (Å²) in [6.07, 6.45) is 1.49. The van der Waals surface area contributed by atoms with E-state index in [9.17, 15) is 10.1 Å². The van der Waals surface area contributed by atoms with Crippen molar-refractivity contribution in [2.45, 2.75) is 0 Å². The Bertz CT molecular complexity index is 691. The molecule has 0 radical (unpaired) electrons. The van der Waals surface area contributed by atoms with Crippen molar-refractivity contribution in [3.63, 3.8) is 0 Å². The molecule has 21 heavy (non-hydrogen) atoms. The van der Waals surface area contributed by atoms with Gasteiger partial charge >= 0.3 is 0 Å². The third kappa shape index (κ3) is 3.52. The number of hydrogen-bond acceptors (Lipinski definition) is 6. The van der Waals surface area contributed by atoms with E-state index in [0.717, 1.165) is 12.1 Å². The Hall–Kier alpha value is -1.64. The molecule has 0 fully saturated rings. The lowest BCUT2D eigenvalue weighted by Gasteiger charge is -2.10. The van der Waals surface area contributed by atoms with Gasteiger partial charge in [-0.2, -0.15) is 4.98 Å². The van der Waals surface area contributed by atoms with Crippen molar-refractivity contribution in [1.82, 2.24) is 9.97 Å². The number of nitro groups is 1. The van der Waals surface area contributed by atoms with Crippen molar-refractivity contribution in [2.75, 3.05) is 12.4 Å². The van der Waals surface area contributed by atoms with E-state index in [0.29, 0.717) is 10.4 Å². The molecule has 1 heterocycles. The largest absolute Gasteiger partial charge is 0.435 e. The summed E-state index contributed by atoms with van der Waals surface area (Å²) >= 11 is 15.2. The van der Waals surface area contributed by atoms with Gasteiger partial charge in [-0.15, -0.1) is 0 Å². The summed E-state index contributed by atoms with van der Waals surface area (Å²) in [5.41, 5.74) is -0.227. The summed E-state index contributed by atoms with van der Waals surface area (Å²) < 4.78 is 6.00. The van der Waals surface area contributed by atoms with Gasteiger partial charge in [0.1, 0.15) is 0 Å². The molecule has 1 aromatic carbocycles. The van der Waals surface area contributed by atoms with E-state index in [4.69, 9.17) is 27.9 Å². The number of benzene rings is 1. The number of rotatable bonds is 4. The van der Waals surface area contributed by atoms with Gasteiger partial charge in [-0.3, -0.25) is 10.1 Å². The Morgan fingerprint density at radius 2 is 2.00 bits per heavy atom. The SMILES string of the molecule is CNc1ncc(Br)c(Oc2c(Cl)cc([N+](=O)[O-])cc2Cl)n1. The highest BCUT2D eigenvalue weighted by atomic mass is 79.9. The van der Waals surface area contributed by atoms with E-state index in [-0.39, 0.29) is 27.4 Å². The maximum Gasteiger partial charge on any atom is 0.272 e. The van der Waals surface area contributed by atoms with Crippen LogP contribution in [-0.2, 0) is 0 Å². The Labute approximate surface area is 137 Å². The first-order chi connectivity index (χ1) is 9.92. The summed E-state index contributed by atoms with van der Waals surface area (Å²) in [7, 11) is 1.65. The van der Waals surface area contributed by atoms with Crippen molar-refractivity contribution in [1.29, 1.82) is 0 Å². The Morgan fingerprint density at radius 3 is 2.52 bits per heavy atom. The molecule has 0 amide bonds. The lowest BCUT2D eigenvalue weighted by Crippen LogP contribution is -1.99. The molecule has 1 aromatic heterocycles. The van der Waals surface area contributed by atoms with Crippen LogP contribution in [0.1, 0.15) is 0 Å². The third-order valence-corrected chi connectivity index (χ3v) is 3.43. The molecule has 0 aliphatic rings. The summed E-state index contributed by atoms with van der Waals surface area (Å²) in [4.78, 5) is 18.2. The molecular weight excluding hydrogens is 387 g/mol. The highest BCUT2D eigenvalue weighted by molar-refractivity contribution is 9.10. The second kappa shape index (κ2) is 6.42. The number of hydrogen-bond donors (Lipinski definition) is 1. The first kappa shape index (κ1) is 15.7. The monoisotopic (exact) mass is 392 g/mol. The highest BCUT2D eigenvalue weighted by Gasteiger charge is 2.18. The average Bonchev–Trinajstić information content (AvgIpc) is 2.44. The van der Waals surface area contributed by atoms with Gasteiger partial charge in [-0.25, -0.2) is 4.98 Å². The van der Waals surface area contributed by atoms with Crippen LogP contribution in [0, 0.1) is 10.1 Å². The Kier molecular flexibility index (Phi) is 4.81. The van der Waals surface area contributed by atoms with Gasteiger partial charge in [0.2, 0.25) is 11.8 Å². The van der Waals surface area contributed by atoms with Gasteiger partial charge in [-0.1, -0.05) is 23.2 Å². The zero-order chi connectivity index (χ0) is 15.6. The minimum atomic E-state index is -0.596. The van der Waals surface area contributed by atoms with Gasteiger partial charge < -0.3 is 10.1 Å². The highest BCUT2D eigenvalue weighted by Crippen LogP contribution is 2.40. The topological polar surface area (TPSA) is 90.2 Å². The maximum absolute atomic E-state index is 10.7. The molecule has 0 bridgehead atoms. The van der Waals surface area contributed by atoms with Crippen LogP contribution in [0.5, 0.6) is 11.6 Å². The second-order valence-corrected chi connectivity index (χ2v) is 5.36. The van der Waals surface area contributed by atoms with Crippen molar-refractivity contribution in [3.05, 3.63) is 43.0 Å². The number of nitrogens with one attached hydrogen (secondary N) is 1. The molecule has 2 rings (SSSR count). The molecule has 2 aromatic rings. The van der Waals surface area contributed by atoms with Crippen molar-refractivity contribution in [2.24, 2.45) is 0 Å². The number of ether oxygens (including phenoxy) is 1. The minimum Gasteiger partial charge on any atom is -0.435 e. The van der Waals surface area contributed by atoms with Crippen LogP contribution in [0.2, 0.25) is 10.0 Å². The van der Waals surface area contributed by atoms with Crippen LogP contribution in [0.4, 0.5) is 11.6 Å². The Morgan fingerprint density at radius 1 is 1.38 bits per heavy atom. The molecule has 0 saturated heterocycles. The van der Waals surface area contributed by atoms with Crippen LogP contribution in [0.25, 0.3) is 0 Å². The number of anilines is 1. The zero-order valence-electron chi connectivity index (χ0n) is 10.4. The molecule has 0 saturated carbocycles. The number of halogens is 3. The lowest BCUT2D eigenvalue weighted by atomic mass is 10.3. The Balaban J connectivity index is 2.42. The molecule has 1 N–H and O–H groups in total. The number of nitrogens with zero attached hydrogens (tertiary/aromatic N) is 3. The molecule has 0 atom stereocenters. The van der Waals surface area contributed by atoms with Crippen LogP contribution in [0.3, 0.4) is 0 Å². The summed E-state index contributed by atoms with van der Waals surface area (Å²) in [6.45, 7) is 0. The average molecular weight is 394 g/mol. The summed E-state index contributed by atoms with van der Waals surface area (Å²) in [5, 5.41) is 13.5. The van der Waals surface area contributed by atoms with Crippen molar-refractivity contribution in [3.8, 4) is 11.6 Å². The molecule has 0 aliphatic carbocycles. The van der Waals surface area contributed by atoms with E-state index in [1.54, 1.807) is 7.05 Å². The quantitative estimate of drug-likeness (QED) is 0.615. The van der Waals surface area contributed by atoms with E-state index in [2.05, 4.69) is 31.2 Å². The first-order valence-electron chi connectivity index (χ1n) is 5.44. The van der Waals surface area contributed by atoms with Gasteiger partial charge in [0.05, 0.1) is 25.6 Å². The smallest absolute Gasteiger partial charge is 0.272 e. The van der Waals surface area contributed by atoms with Crippen LogP contribution >= 0.6 is 39.1 Å². The predicted octanol–water partition coefficient (Wildman–Crippen LogP) is 4.29. The van der Waals surface area contributed by atoms with Crippen molar-refractivity contribution >= 4 is 50.8 Å². The number of non-ortho nitro benzene ring substituents is 1. The van der Waals surface area contributed by atoms with E-state index >= 15 is 0 Å². The normalized spacial score (nSPS) is 10.3. The molecular formula is C11H7BrCl2N4O3. The van der Waals surface area contributed by atoms with E-state index in [1.807, 2.05) is 0 Å².